The summed E-state index contributed by atoms with van der Waals surface area (Å²) in [6.45, 7) is 9.95. The van der Waals surface area contributed by atoms with Crippen LogP contribution in [0.3, 0.4) is 0 Å². The molecule has 1 amide bonds. The van der Waals surface area contributed by atoms with Crippen molar-refractivity contribution in [2.75, 3.05) is 73.3 Å². The molecular formula is C52H71ClN12O4. The smallest absolute Gasteiger partial charge is 0.272 e. The van der Waals surface area contributed by atoms with Gasteiger partial charge in [-0.05, 0) is 151 Å². The summed E-state index contributed by atoms with van der Waals surface area (Å²) in [6.07, 6.45) is 19.2. The van der Waals surface area contributed by atoms with E-state index in [1.165, 1.54) is 38.8 Å². The third-order valence-electron chi connectivity index (χ3n) is 14.9. The van der Waals surface area contributed by atoms with E-state index in [0.717, 1.165) is 143 Å². The molecule has 1 saturated carbocycles. The van der Waals surface area contributed by atoms with Crippen molar-refractivity contribution in [2.24, 2.45) is 11.8 Å². The predicted octanol–water partition coefficient (Wildman–Crippen LogP) is 7.97. The molecule has 69 heavy (non-hydrogen) atoms. The lowest BCUT2D eigenvalue weighted by molar-refractivity contribution is 0.0888. The molecule has 1 atom stereocenters. The van der Waals surface area contributed by atoms with Gasteiger partial charge in [-0.25, -0.2) is 9.97 Å². The number of nitrogens with one attached hydrogen (secondary N) is 2. The van der Waals surface area contributed by atoms with Crippen LogP contribution in [0.2, 0.25) is 5.02 Å². The monoisotopic (exact) mass is 963 g/mol. The van der Waals surface area contributed by atoms with Crippen LogP contribution < -0.4 is 35.6 Å². The Balaban J connectivity index is 0.639. The van der Waals surface area contributed by atoms with E-state index in [4.69, 9.17) is 31.8 Å². The van der Waals surface area contributed by atoms with Crippen molar-refractivity contribution in [3.8, 4) is 11.6 Å². The minimum absolute atomic E-state index is 0.0822. The number of nitrogens with zero attached hydrogens (tertiary/aromatic N) is 9. The number of halogens is 1. The largest absolute Gasteiger partial charge is 0.490 e. The Morgan fingerprint density at radius 2 is 1.70 bits per heavy atom. The molecule has 9 rings (SSSR count). The number of aliphatic hydroxyl groups is 1. The van der Waals surface area contributed by atoms with E-state index in [9.17, 15) is 9.90 Å². The summed E-state index contributed by atoms with van der Waals surface area (Å²) in [5.41, 5.74) is 9.78. The molecule has 370 valence electrons. The zero-order chi connectivity index (χ0) is 47.5. The van der Waals surface area contributed by atoms with E-state index in [1.807, 2.05) is 35.1 Å². The lowest BCUT2D eigenvalue weighted by Gasteiger charge is -2.38. The Hall–Kier alpha value is -5.45. The molecule has 17 heteroatoms. The zero-order valence-electron chi connectivity index (χ0n) is 40.3. The second-order valence-electron chi connectivity index (χ2n) is 19.7. The summed E-state index contributed by atoms with van der Waals surface area (Å²) < 4.78 is 14.1. The van der Waals surface area contributed by atoms with Gasteiger partial charge in [0.15, 0.2) is 17.2 Å². The Labute approximate surface area is 411 Å². The fourth-order valence-electron chi connectivity index (χ4n) is 10.8. The highest BCUT2D eigenvalue weighted by atomic mass is 35.5. The van der Waals surface area contributed by atoms with E-state index in [0.29, 0.717) is 47.4 Å². The lowest BCUT2D eigenvalue weighted by Crippen LogP contribution is -2.42. The molecule has 16 nitrogen and oxygen atoms in total. The standard InChI is InChI=1S/C52H71ClN12O4/c1-2-39-34-57-65-48(31-49(59-51(39)65)64-23-4-3-7-41(64)22-28-66)55-32-38-8-17-50(56-33-38)68-29-5-6-36-18-24-62(25-19-36)35-37-20-26-63(27-21-37)47-16-15-46(60-61-47)52(67)58-40-9-11-42(12-10-40)69-43-13-14-45(54)44(53)30-43/h8,13-17,30-31,33-34,36-37,40-42,55,66H,2-7,9-12,18-29,32,35,54H2,1H3,(H,58,67)/t40?,41-,42?/m0/s1. The third kappa shape index (κ3) is 12.7. The van der Waals surface area contributed by atoms with Crippen LogP contribution in [0.15, 0.2) is 60.9 Å². The SMILES string of the molecule is CCc1cnn2c(NCc3ccc(OCCCC4CCN(CC5CCN(c6ccc(C(=O)NC7CCC(Oc8ccc(N)c(Cl)c8)CC7)nn6)CC5)CC4)nc3)cc(N3CCCC[C@H]3CCO)nc12. The first-order valence-electron chi connectivity index (χ1n) is 25.7. The molecule has 4 aromatic heterocycles. The fraction of sp³-hybridized carbons (Fsp3) is 0.577. The van der Waals surface area contributed by atoms with Crippen LogP contribution in [0, 0.1) is 11.8 Å². The quantitative estimate of drug-likeness (QED) is 0.0462. The molecule has 5 aromatic rings. The van der Waals surface area contributed by atoms with Gasteiger partial charge < -0.3 is 45.6 Å². The van der Waals surface area contributed by atoms with E-state index in [2.05, 4.69) is 64.7 Å². The first kappa shape index (κ1) is 48.6. The van der Waals surface area contributed by atoms with Gasteiger partial charge in [-0.15, -0.1) is 10.2 Å². The molecule has 0 radical (unpaired) electrons. The molecule has 0 bridgehead atoms. The number of aryl methyl sites for hydroxylation is 1. The van der Waals surface area contributed by atoms with Crippen LogP contribution in [0.4, 0.5) is 23.1 Å². The number of benzene rings is 1. The van der Waals surface area contributed by atoms with Crippen LogP contribution in [-0.2, 0) is 13.0 Å². The number of hydrogen-bond donors (Lipinski definition) is 4. The number of hydrogen-bond acceptors (Lipinski definition) is 14. The number of rotatable bonds is 19. The van der Waals surface area contributed by atoms with Crippen molar-refractivity contribution >= 4 is 46.3 Å². The second-order valence-corrected chi connectivity index (χ2v) is 20.1. The number of nitrogens with two attached hydrogens (primary N) is 1. The van der Waals surface area contributed by atoms with Gasteiger partial charge in [-0.1, -0.05) is 24.6 Å². The number of anilines is 4. The van der Waals surface area contributed by atoms with Crippen LogP contribution in [-0.4, -0.2) is 116 Å². The molecule has 5 N–H and O–H groups in total. The van der Waals surface area contributed by atoms with Gasteiger partial charge in [0.25, 0.3) is 5.91 Å². The van der Waals surface area contributed by atoms with E-state index >= 15 is 0 Å². The number of aliphatic hydroxyl groups excluding tert-OH is 1. The molecule has 1 aromatic carbocycles. The van der Waals surface area contributed by atoms with Gasteiger partial charge in [-0.2, -0.15) is 9.61 Å². The Morgan fingerprint density at radius 1 is 0.870 bits per heavy atom. The summed E-state index contributed by atoms with van der Waals surface area (Å²) in [6, 6.07) is 15.6. The van der Waals surface area contributed by atoms with Gasteiger partial charge in [0, 0.05) is 81.4 Å². The number of pyridine rings is 1. The number of carbonyl (C=O) groups is 1. The van der Waals surface area contributed by atoms with Crippen molar-refractivity contribution in [2.45, 2.75) is 128 Å². The Bertz CT molecular complexity index is 2410. The average molecular weight is 964 g/mol. The van der Waals surface area contributed by atoms with E-state index < -0.39 is 0 Å². The number of nitrogen functional groups attached to an aromatic ring is 1. The topological polar surface area (TPSA) is 184 Å². The first-order chi connectivity index (χ1) is 33.8. The summed E-state index contributed by atoms with van der Waals surface area (Å²) in [7, 11) is 0. The molecule has 7 heterocycles. The molecule has 4 aliphatic rings. The van der Waals surface area contributed by atoms with Crippen molar-refractivity contribution in [1.82, 2.24) is 40.0 Å². The highest BCUT2D eigenvalue weighted by Crippen LogP contribution is 2.32. The predicted molar refractivity (Wildman–Crippen MR) is 271 cm³/mol. The third-order valence-corrected chi connectivity index (χ3v) is 15.2. The number of piperidine rings is 3. The van der Waals surface area contributed by atoms with Crippen molar-refractivity contribution in [3.63, 3.8) is 0 Å². The number of amides is 1. The number of aromatic nitrogens is 6. The maximum Gasteiger partial charge on any atom is 0.272 e. The molecule has 1 aliphatic carbocycles. The average Bonchev–Trinajstić information content (AvgIpc) is 3.81. The molecule has 3 aliphatic heterocycles. The second kappa shape index (κ2) is 23.4. The number of carbonyl (C=O) groups excluding carboxylic acids is 1. The summed E-state index contributed by atoms with van der Waals surface area (Å²) in [5.74, 6) is 5.32. The minimum Gasteiger partial charge on any atom is -0.490 e. The van der Waals surface area contributed by atoms with E-state index in [1.54, 1.807) is 18.2 Å². The van der Waals surface area contributed by atoms with E-state index in [-0.39, 0.29) is 24.7 Å². The van der Waals surface area contributed by atoms with Crippen LogP contribution in [0.5, 0.6) is 11.6 Å². The van der Waals surface area contributed by atoms with Crippen LogP contribution >= 0.6 is 11.6 Å². The van der Waals surface area contributed by atoms with Gasteiger partial charge in [-0.3, -0.25) is 4.79 Å². The number of ether oxygens (including phenoxy) is 2. The summed E-state index contributed by atoms with van der Waals surface area (Å²) >= 11 is 6.15. The lowest BCUT2D eigenvalue weighted by atomic mass is 9.90. The van der Waals surface area contributed by atoms with Crippen LogP contribution in [0.25, 0.3) is 5.65 Å². The first-order valence-corrected chi connectivity index (χ1v) is 26.1. The number of fused-ring (bicyclic) bond motifs is 1. The molecular weight excluding hydrogens is 892 g/mol. The molecule has 4 fully saturated rings. The molecule has 0 unspecified atom stereocenters. The van der Waals surface area contributed by atoms with Gasteiger partial charge >= 0.3 is 0 Å². The maximum atomic E-state index is 13.0. The summed E-state index contributed by atoms with van der Waals surface area (Å²) in [4.78, 5) is 30.1. The van der Waals surface area contributed by atoms with Gasteiger partial charge in [0.2, 0.25) is 5.88 Å². The number of likely N-dealkylation sites (tertiary alicyclic amines) is 1. The summed E-state index contributed by atoms with van der Waals surface area (Å²) in [5, 5.41) is 30.5. The zero-order valence-corrected chi connectivity index (χ0v) is 41.0. The van der Waals surface area contributed by atoms with Gasteiger partial charge in [0.1, 0.15) is 17.4 Å². The Morgan fingerprint density at radius 3 is 2.43 bits per heavy atom. The van der Waals surface area contributed by atoms with Crippen molar-refractivity contribution in [3.05, 3.63) is 82.8 Å². The highest BCUT2D eigenvalue weighted by Gasteiger charge is 2.28. The maximum absolute atomic E-state index is 13.0. The van der Waals surface area contributed by atoms with Gasteiger partial charge in [0.05, 0.1) is 29.6 Å². The van der Waals surface area contributed by atoms with Crippen molar-refractivity contribution in [1.29, 1.82) is 0 Å². The molecule has 3 saturated heterocycles. The fourth-order valence-corrected chi connectivity index (χ4v) is 10.9. The minimum atomic E-state index is -0.176. The Kier molecular flexibility index (Phi) is 16.5. The normalized spacial score (nSPS) is 20.8. The highest BCUT2D eigenvalue weighted by molar-refractivity contribution is 6.33. The van der Waals surface area contributed by atoms with Crippen molar-refractivity contribution < 1.29 is 19.4 Å². The van der Waals surface area contributed by atoms with Crippen LogP contribution in [0.1, 0.15) is 118 Å². The molecule has 0 spiro atoms.